The molecule has 1 aliphatic rings. The number of benzene rings is 1. The largest absolute Gasteiger partial charge is 0.335 e. The average molecular weight is 345 g/mol. The van der Waals surface area contributed by atoms with E-state index in [1.54, 1.807) is 11.8 Å². The van der Waals surface area contributed by atoms with Crippen LogP contribution in [0.5, 0.6) is 0 Å². The summed E-state index contributed by atoms with van der Waals surface area (Å²) < 4.78 is 24.0. The van der Waals surface area contributed by atoms with Gasteiger partial charge in [0.1, 0.15) is 0 Å². The van der Waals surface area contributed by atoms with E-state index in [4.69, 9.17) is 11.6 Å². The molecule has 1 aromatic rings. The fourth-order valence-electron chi connectivity index (χ4n) is 2.69. The maximum Gasteiger partial charge on any atom is 0.255 e. The summed E-state index contributed by atoms with van der Waals surface area (Å²) in [6.45, 7) is 6.74. The van der Waals surface area contributed by atoms with E-state index in [9.17, 15) is 13.2 Å². The highest BCUT2D eigenvalue weighted by Crippen LogP contribution is 2.23. The van der Waals surface area contributed by atoms with Crippen LogP contribution in [0.3, 0.4) is 0 Å². The van der Waals surface area contributed by atoms with Crippen molar-refractivity contribution >= 4 is 27.3 Å². The van der Waals surface area contributed by atoms with E-state index in [1.165, 1.54) is 18.2 Å². The fourth-order valence-corrected chi connectivity index (χ4v) is 3.80. The van der Waals surface area contributed by atoms with Gasteiger partial charge in [-0.1, -0.05) is 18.5 Å². The number of amides is 1. The Morgan fingerprint density at radius 2 is 1.91 bits per heavy atom. The molecule has 0 aromatic heterocycles. The molecular weight excluding hydrogens is 324 g/mol. The van der Waals surface area contributed by atoms with Crippen LogP contribution in [0.15, 0.2) is 23.1 Å². The number of carbonyl (C=O) groups excluding carboxylic acids is 1. The first-order chi connectivity index (χ1) is 10.2. The lowest BCUT2D eigenvalue weighted by molar-refractivity contribution is 0.0673. The molecule has 2 rings (SSSR count). The van der Waals surface area contributed by atoms with Crippen LogP contribution in [0.2, 0.25) is 5.02 Å². The first-order valence-electron chi connectivity index (χ1n) is 7.32. The van der Waals surface area contributed by atoms with Crippen molar-refractivity contribution in [2.45, 2.75) is 37.8 Å². The second kappa shape index (κ2) is 6.56. The van der Waals surface area contributed by atoms with Gasteiger partial charge in [-0.2, -0.15) is 0 Å². The molecule has 1 aromatic carbocycles. The molecule has 0 spiro atoms. The van der Waals surface area contributed by atoms with Gasteiger partial charge in [0.25, 0.3) is 5.91 Å². The van der Waals surface area contributed by atoms with Crippen molar-refractivity contribution in [3.8, 4) is 0 Å². The monoisotopic (exact) mass is 344 g/mol. The van der Waals surface area contributed by atoms with Crippen molar-refractivity contribution in [1.29, 1.82) is 0 Å². The third-order valence-electron chi connectivity index (χ3n) is 3.75. The van der Waals surface area contributed by atoms with Crippen LogP contribution in [0.1, 0.15) is 31.1 Å². The fraction of sp³-hybridized carbons (Fsp3) is 0.533. The average Bonchev–Trinajstić information content (AvgIpc) is 2.45. The summed E-state index contributed by atoms with van der Waals surface area (Å²) in [6, 6.07) is 4.69. The second-order valence-corrected chi connectivity index (χ2v) is 8.41. The van der Waals surface area contributed by atoms with Gasteiger partial charge in [0.15, 0.2) is 9.84 Å². The highest BCUT2D eigenvalue weighted by molar-refractivity contribution is 7.91. The molecule has 0 bridgehead atoms. The zero-order chi connectivity index (χ0) is 16.5. The molecule has 1 fully saturated rings. The van der Waals surface area contributed by atoms with Crippen LogP contribution in [-0.4, -0.2) is 50.2 Å². The summed E-state index contributed by atoms with van der Waals surface area (Å²) in [7, 11) is -3.36. The number of nitrogens with one attached hydrogen (secondary N) is 1. The van der Waals surface area contributed by atoms with Crippen molar-refractivity contribution in [1.82, 2.24) is 10.2 Å². The second-order valence-electron chi connectivity index (χ2n) is 5.72. The van der Waals surface area contributed by atoms with Gasteiger partial charge in [0.2, 0.25) is 0 Å². The minimum Gasteiger partial charge on any atom is -0.335 e. The highest BCUT2D eigenvalue weighted by Gasteiger charge is 2.27. The van der Waals surface area contributed by atoms with Gasteiger partial charge >= 0.3 is 0 Å². The number of rotatable bonds is 3. The van der Waals surface area contributed by atoms with E-state index >= 15 is 0 Å². The summed E-state index contributed by atoms with van der Waals surface area (Å²) >= 11 is 6.12. The molecule has 0 radical (unpaired) electrons. The first kappa shape index (κ1) is 17.2. The number of halogens is 1. The molecule has 122 valence electrons. The minimum absolute atomic E-state index is 0.00996. The van der Waals surface area contributed by atoms with E-state index in [0.29, 0.717) is 13.1 Å². The number of nitrogens with zero attached hydrogens (tertiary/aromatic N) is 1. The summed E-state index contributed by atoms with van der Waals surface area (Å²) in [4.78, 5) is 14.6. The molecule has 2 atom stereocenters. The van der Waals surface area contributed by atoms with Gasteiger partial charge in [-0.05, 0) is 32.0 Å². The SMILES string of the molecule is CCS(=O)(=O)c1ccc(Cl)c(C(=O)N2C[C@@H](C)N[C@H](C)C2)c1. The van der Waals surface area contributed by atoms with Crippen LogP contribution in [0.4, 0.5) is 0 Å². The van der Waals surface area contributed by atoms with E-state index in [2.05, 4.69) is 5.32 Å². The maximum absolute atomic E-state index is 12.7. The van der Waals surface area contributed by atoms with E-state index in [0.717, 1.165) is 0 Å². The third-order valence-corrected chi connectivity index (χ3v) is 5.81. The summed E-state index contributed by atoms with van der Waals surface area (Å²) in [6.07, 6.45) is 0. The van der Waals surface area contributed by atoms with Crippen LogP contribution in [0.25, 0.3) is 0 Å². The Bertz CT molecular complexity index is 665. The Hall–Kier alpha value is -1.11. The van der Waals surface area contributed by atoms with Gasteiger partial charge in [-0.25, -0.2) is 8.42 Å². The van der Waals surface area contributed by atoms with Crippen molar-refractivity contribution in [2.75, 3.05) is 18.8 Å². The van der Waals surface area contributed by atoms with Gasteiger partial charge in [-0.3, -0.25) is 4.79 Å². The number of hydrogen-bond acceptors (Lipinski definition) is 4. The third kappa shape index (κ3) is 3.62. The lowest BCUT2D eigenvalue weighted by atomic mass is 10.1. The molecule has 22 heavy (non-hydrogen) atoms. The molecule has 7 heteroatoms. The molecule has 0 saturated carbocycles. The lowest BCUT2D eigenvalue weighted by Gasteiger charge is -2.36. The molecule has 5 nitrogen and oxygen atoms in total. The van der Waals surface area contributed by atoms with Crippen molar-refractivity contribution < 1.29 is 13.2 Å². The normalized spacial score (nSPS) is 22.6. The smallest absolute Gasteiger partial charge is 0.255 e. The Balaban J connectivity index is 2.35. The number of carbonyl (C=O) groups is 1. The summed E-state index contributed by atoms with van der Waals surface area (Å²) in [5, 5.41) is 3.63. The van der Waals surface area contributed by atoms with Gasteiger partial charge in [0.05, 0.1) is 21.2 Å². The molecule has 0 unspecified atom stereocenters. The molecule has 1 aliphatic heterocycles. The van der Waals surface area contributed by atoms with Crippen LogP contribution in [0, 0.1) is 0 Å². The Kier molecular flexibility index (Phi) is 5.14. The molecule has 1 heterocycles. The quantitative estimate of drug-likeness (QED) is 0.910. The zero-order valence-corrected chi connectivity index (χ0v) is 14.5. The van der Waals surface area contributed by atoms with Gasteiger partial charge in [0, 0.05) is 25.2 Å². The van der Waals surface area contributed by atoms with Crippen molar-refractivity contribution in [3.05, 3.63) is 28.8 Å². The Morgan fingerprint density at radius 3 is 2.45 bits per heavy atom. The van der Waals surface area contributed by atoms with E-state index in [1.807, 2.05) is 13.8 Å². The maximum atomic E-state index is 12.7. The zero-order valence-electron chi connectivity index (χ0n) is 13.0. The Labute approximate surface area is 136 Å². The molecule has 1 amide bonds. The number of sulfone groups is 1. The number of piperazine rings is 1. The van der Waals surface area contributed by atoms with E-state index < -0.39 is 9.84 Å². The molecule has 1 saturated heterocycles. The van der Waals surface area contributed by atoms with Gasteiger partial charge < -0.3 is 10.2 Å². The van der Waals surface area contributed by atoms with Crippen molar-refractivity contribution in [2.24, 2.45) is 0 Å². The minimum atomic E-state index is -3.36. The lowest BCUT2D eigenvalue weighted by Crippen LogP contribution is -2.55. The van der Waals surface area contributed by atoms with Gasteiger partial charge in [-0.15, -0.1) is 0 Å². The topological polar surface area (TPSA) is 66.5 Å². The molecular formula is C15H21ClN2O3S. The summed E-state index contributed by atoms with van der Waals surface area (Å²) in [5.74, 6) is -0.234. The van der Waals surface area contributed by atoms with Crippen LogP contribution >= 0.6 is 11.6 Å². The standard InChI is InChI=1S/C15H21ClN2O3S/c1-4-22(20,21)12-5-6-14(16)13(7-12)15(19)18-8-10(2)17-11(3)9-18/h5-7,10-11,17H,4,8-9H2,1-3H3/t10-,11-/m1/s1. The summed E-state index contributed by atoms with van der Waals surface area (Å²) in [5.41, 5.74) is 0.248. The molecule has 1 N–H and O–H groups in total. The first-order valence-corrected chi connectivity index (χ1v) is 9.35. The van der Waals surface area contributed by atoms with Crippen LogP contribution < -0.4 is 5.32 Å². The van der Waals surface area contributed by atoms with Crippen molar-refractivity contribution in [3.63, 3.8) is 0 Å². The van der Waals surface area contributed by atoms with E-state index in [-0.39, 0.29) is 39.2 Å². The van der Waals surface area contributed by atoms with Crippen LogP contribution in [-0.2, 0) is 9.84 Å². The highest BCUT2D eigenvalue weighted by atomic mass is 35.5. The Morgan fingerprint density at radius 1 is 1.32 bits per heavy atom. The molecule has 0 aliphatic carbocycles. The predicted molar refractivity (Wildman–Crippen MR) is 87.1 cm³/mol. The predicted octanol–water partition coefficient (Wildman–Crippen LogP) is 1.96. The number of hydrogen-bond donors (Lipinski definition) is 1.